The molecule has 0 aliphatic heterocycles. The number of fused-ring (bicyclic) bond motifs is 3. The van der Waals surface area contributed by atoms with E-state index < -0.39 is 0 Å². The molecule has 0 fully saturated rings. The van der Waals surface area contributed by atoms with Crippen LogP contribution in [0.5, 0.6) is 0 Å². The summed E-state index contributed by atoms with van der Waals surface area (Å²) in [6.07, 6.45) is 0. The first-order valence-electron chi connectivity index (χ1n) is 18.2. The van der Waals surface area contributed by atoms with E-state index in [0.29, 0.717) is 23.3 Å². The zero-order valence-corrected chi connectivity index (χ0v) is 30.4. The normalized spacial score (nSPS) is 11.3. The van der Waals surface area contributed by atoms with Crippen LogP contribution in [0.3, 0.4) is 0 Å². The van der Waals surface area contributed by atoms with E-state index in [9.17, 15) is 0 Å². The fourth-order valence-electron chi connectivity index (χ4n) is 6.99. The molecule has 55 heavy (non-hydrogen) atoms. The van der Waals surface area contributed by atoms with Gasteiger partial charge in [-0.15, -0.1) is 11.3 Å². The van der Waals surface area contributed by atoms with E-state index in [0.717, 1.165) is 59.7 Å². The molecule has 0 saturated heterocycles. The first-order valence-corrected chi connectivity index (χ1v) is 19.0. The molecule has 7 aromatic carbocycles. The Hall–Kier alpha value is -7.15. The van der Waals surface area contributed by atoms with E-state index in [1.54, 1.807) is 11.3 Å². The minimum Gasteiger partial charge on any atom is -0.228 e. The molecule has 258 valence electrons. The predicted molar refractivity (Wildman–Crippen MR) is 226 cm³/mol. The van der Waals surface area contributed by atoms with Crippen LogP contribution >= 0.6 is 11.3 Å². The first-order chi connectivity index (χ1) is 27.2. The molecule has 6 heteroatoms. The summed E-state index contributed by atoms with van der Waals surface area (Å²) in [6, 6.07) is 64.6. The molecule has 0 N–H and O–H groups in total. The summed E-state index contributed by atoms with van der Waals surface area (Å²) in [5, 5.41) is 2.35. The van der Waals surface area contributed by atoms with Gasteiger partial charge in [0, 0.05) is 53.6 Å². The Labute approximate surface area is 322 Å². The second-order valence-corrected chi connectivity index (χ2v) is 14.4. The van der Waals surface area contributed by atoms with Crippen LogP contribution in [0.1, 0.15) is 0 Å². The van der Waals surface area contributed by atoms with Crippen LogP contribution < -0.4 is 0 Å². The molecule has 0 aliphatic rings. The molecule has 10 aromatic rings. The van der Waals surface area contributed by atoms with Crippen molar-refractivity contribution in [3.63, 3.8) is 0 Å². The number of hydrogen-bond acceptors (Lipinski definition) is 6. The van der Waals surface area contributed by atoms with Crippen molar-refractivity contribution >= 4 is 31.5 Å². The third kappa shape index (κ3) is 6.35. The fraction of sp³-hybridized carbons (Fsp3) is 0. The molecular weight excluding hydrogens is 691 g/mol. The lowest BCUT2D eigenvalue weighted by molar-refractivity contribution is 1.08. The van der Waals surface area contributed by atoms with Gasteiger partial charge in [-0.1, -0.05) is 170 Å². The molecule has 0 spiro atoms. The Morgan fingerprint density at radius 1 is 0.291 bits per heavy atom. The van der Waals surface area contributed by atoms with Crippen molar-refractivity contribution in [2.24, 2.45) is 0 Å². The van der Waals surface area contributed by atoms with E-state index in [1.807, 2.05) is 84.9 Å². The number of thiophene rings is 1. The molecule has 0 unspecified atom stereocenters. The highest BCUT2D eigenvalue weighted by atomic mass is 32.1. The fourth-order valence-corrected chi connectivity index (χ4v) is 8.24. The van der Waals surface area contributed by atoms with Gasteiger partial charge >= 0.3 is 0 Å². The number of aromatic nitrogens is 5. The van der Waals surface area contributed by atoms with Gasteiger partial charge in [0.25, 0.3) is 0 Å². The van der Waals surface area contributed by atoms with E-state index >= 15 is 0 Å². The average Bonchev–Trinajstić information content (AvgIpc) is 3.66. The summed E-state index contributed by atoms with van der Waals surface area (Å²) in [4.78, 5) is 25.3. The quantitative estimate of drug-likeness (QED) is 0.164. The summed E-state index contributed by atoms with van der Waals surface area (Å²) < 4.78 is 2.29. The Morgan fingerprint density at radius 2 is 0.745 bits per heavy atom. The summed E-state index contributed by atoms with van der Waals surface area (Å²) in [7, 11) is 0. The summed E-state index contributed by atoms with van der Waals surface area (Å²) in [5.74, 6) is 2.63. The van der Waals surface area contributed by atoms with Gasteiger partial charge in [0.05, 0.1) is 11.4 Å². The molecule has 3 aromatic heterocycles. The zero-order valence-electron chi connectivity index (χ0n) is 29.5. The maximum absolute atomic E-state index is 5.17. The van der Waals surface area contributed by atoms with Crippen LogP contribution in [0.25, 0.3) is 99.4 Å². The highest BCUT2D eigenvalue weighted by Crippen LogP contribution is 2.41. The average molecular weight is 722 g/mol. The summed E-state index contributed by atoms with van der Waals surface area (Å²) in [6.45, 7) is 0. The van der Waals surface area contributed by atoms with Crippen LogP contribution in [0.4, 0.5) is 0 Å². The Kier molecular flexibility index (Phi) is 8.28. The molecule has 10 rings (SSSR count). The van der Waals surface area contributed by atoms with Crippen molar-refractivity contribution < 1.29 is 0 Å². The van der Waals surface area contributed by atoms with Crippen LogP contribution in [0.15, 0.2) is 188 Å². The van der Waals surface area contributed by atoms with Crippen LogP contribution in [0, 0.1) is 0 Å². The molecule has 0 aliphatic carbocycles. The number of rotatable bonds is 7. The number of benzene rings is 7. The third-order valence-electron chi connectivity index (χ3n) is 9.78. The Balaban J connectivity index is 1.09. The van der Waals surface area contributed by atoms with Crippen molar-refractivity contribution in [1.29, 1.82) is 0 Å². The van der Waals surface area contributed by atoms with Gasteiger partial charge in [0.15, 0.2) is 23.3 Å². The first kappa shape index (κ1) is 32.5. The second kappa shape index (κ2) is 14.0. The highest BCUT2D eigenvalue weighted by Gasteiger charge is 2.18. The monoisotopic (exact) mass is 721 g/mol. The molecule has 0 bridgehead atoms. The van der Waals surface area contributed by atoms with Crippen molar-refractivity contribution in [1.82, 2.24) is 24.9 Å². The second-order valence-electron chi connectivity index (χ2n) is 13.3. The van der Waals surface area contributed by atoms with E-state index in [4.69, 9.17) is 24.9 Å². The number of hydrogen-bond donors (Lipinski definition) is 0. The van der Waals surface area contributed by atoms with Crippen molar-refractivity contribution in [2.45, 2.75) is 0 Å². The van der Waals surface area contributed by atoms with Gasteiger partial charge in [-0.25, -0.2) is 24.9 Å². The van der Waals surface area contributed by atoms with Crippen LogP contribution in [-0.2, 0) is 0 Å². The predicted octanol–water partition coefficient (Wildman–Crippen LogP) is 12.7. The van der Waals surface area contributed by atoms with Gasteiger partial charge < -0.3 is 0 Å². The van der Waals surface area contributed by atoms with Gasteiger partial charge in [0.2, 0.25) is 0 Å². The van der Waals surface area contributed by atoms with Gasteiger partial charge in [0.1, 0.15) is 0 Å². The van der Waals surface area contributed by atoms with E-state index in [1.165, 1.54) is 16.3 Å². The standard InChI is InChI=1S/C49H31N5S/c1-5-14-32(15-6-1)33-24-26-37(27-25-33)46-50-42(34-16-7-2-8-17-34)31-43(51-46)38-28-29-39-40-22-13-23-41(45(40)55-44(39)30-38)49-53-47(35-18-9-3-10-19-35)52-48(54-49)36-20-11-4-12-21-36/h1-31H. The maximum Gasteiger partial charge on any atom is 0.165 e. The van der Waals surface area contributed by atoms with Crippen LogP contribution in [-0.4, -0.2) is 24.9 Å². The topological polar surface area (TPSA) is 64.5 Å². The molecule has 0 atom stereocenters. The lowest BCUT2D eigenvalue weighted by atomic mass is 10.0. The molecular formula is C49H31N5S. The van der Waals surface area contributed by atoms with Gasteiger partial charge in [-0.2, -0.15) is 0 Å². The molecule has 0 saturated carbocycles. The van der Waals surface area contributed by atoms with Crippen LogP contribution in [0.2, 0.25) is 0 Å². The minimum atomic E-state index is 0.647. The molecule has 0 radical (unpaired) electrons. The van der Waals surface area contributed by atoms with Gasteiger partial charge in [-0.05, 0) is 29.3 Å². The van der Waals surface area contributed by atoms with Crippen molar-refractivity contribution in [2.75, 3.05) is 0 Å². The maximum atomic E-state index is 5.17. The third-order valence-corrected chi connectivity index (χ3v) is 11.0. The largest absolute Gasteiger partial charge is 0.228 e. The van der Waals surface area contributed by atoms with E-state index in [-0.39, 0.29) is 0 Å². The summed E-state index contributed by atoms with van der Waals surface area (Å²) >= 11 is 1.75. The Bertz CT molecular complexity index is 2890. The smallest absolute Gasteiger partial charge is 0.165 e. The van der Waals surface area contributed by atoms with Crippen molar-refractivity contribution in [3.8, 4) is 79.2 Å². The molecule has 0 amide bonds. The van der Waals surface area contributed by atoms with Gasteiger partial charge in [-0.3, -0.25) is 0 Å². The SMILES string of the molecule is c1ccc(-c2ccc(-c3nc(-c4ccccc4)cc(-c4ccc5c(c4)sc4c(-c6nc(-c7ccccc7)nc(-c7ccccc7)n6)cccc45)n3)cc2)cc1. The zero-order chi connectivity index (χ0) is 36.6. The lowest BCUT2D eigenvalue weighted by Gasteiger charge is -2.10. The van der Waals surface area contributed by atoms with Crippen molar-refractivity contribution in [3.05, 3.63) is 188 Å². The molecule has 3 heterocycles. The number of nitrogens with zero attached hydrogens (tertiary/aromatic N) is 5. The van der Waals surface area contributed by atoms with E-state index in [2.05, 4.69) is 103 Å². The Morgan fingerprint density at radius 3 is 1.36 bits per heavy atom. The minimum absolute atomic E-state index is 0.647. The molecule has 5 nitrogen and oxygen atoms in total. The lowest BCUT2D eigenvalue weighted by Crippen LogP contribution is -2.00. The highest BCUT2D eigenvalue weighted by molar-refractivity contribution is 7.26. The summed E-state index contributed by atoms with van der Waals surface area (Å²) in [5.41, 5.74) is 9.99.